The number of hydrogen-bond acceptors (Lipinski definition) is 5. The summed E-state index contributed by atoms with van der Waals surface area (Å²) in [5.74, 6) is -2.07. The minimum atomic E-state index is -1.33. The Bertz CT molecular complexity index is 770. The SMILES string of the molecule is CC(=O)c1cc(C(=O)O)c(OCc2ccccc2)cc1[N+](=O)[O-]. The Morgan fingerprint density at radius 2 is 1.83 bits per heavy atom. The van der Waals surface area contributed by atoms with Crippen molar-refractivity contribution < 1.29 is 24.4 Å². The second kappa shape index (κ2) is 6.69. The lowest BCUT2D eigenvalue weighted by atomic mass is 10.0. The topological polar surface area (TPSA) is 107 Å². The number of carbonyl (C=O) groups excluding carboxylic acids is 1. The zero-order chi connectivity index (χ0) is 17.0. The van der Waals surface area contributed by atoms with Crippen molar-refractivity contribution in [3.63, 3.8) is 0 Å². The lowest BCUT2D eigenvalue weighted by Crippen LogP contribution is -2.08. The number of ether oxygens (including phenoxy) is 1. The van der Waals surface area contributed by atoms with E-state index in [9.17, 15) is 24.8 Å². The van der Waals surface area contributed by atoms with Gasteiger partial charge in [-0.3, -0.25) is 14.9 Å². The van der Waals surface area contributed by atoms with Crippen molar-refractivity contribution in [2.45, 2.75) is 13.5 Å². The van der Waals surface area contributed by atoms with Crippen LogP contribution in [-0.2, 0) is 6.61 Å². The van der Waals surface area contributed by atoms with Gasteiger partial charge in [0.1, 0.15) is 17.9 Å². The number of rotatable bonds is 6. The largest absolute Gasteiger partial charge is 0.488 e. The molecule has 0 aromatic heterocycles. The molecule has 2 aromatic rings. The molecule has 1 N–H and O–H groups in total. The number of ketones is 1. The van der Waals surface area contributed by atoms with Gasteiger partial charge < -0.3 is 9.84 Å². The lowest BCUT2D eigenvalue weighted by molar-refractivity contribution is -0.385. The van der Waals surface area contributed by atoms with Crippen LogP contribution in [-0.4, -0.2) is 21.8 Å². The number of nitro groups is 1. The summed E-state index contributed by atoms with van der Waals surface area (Å²) in [6.07, 6.45) is 0. The molecule has 0 aliphatic rings. The van der Waals surface area contributed by atoms with Gasteiger partial charge in [0, 0.05) is 0 Å². The predicted octanol–water partition coefficient (Wildman–Crippen LogP) is 3.07. The molecule has 0 aliphatic carbocycles. The van der Waals surface area contributed by atoms with Crippen LogP contribution in [0.3, 0.4) is 0 Å². The van der Waals surface area contributed by atoms with Crippen molar-refractivity contribution in [1.82, 2.24) is 0 Å². The summed E-state index contributed by atoms with van der Waals surface area (Å²) in [5.41, 5.74) is -0.260. The van der Waals surface area contributed by atoms with E-state index in [2.05, 4.69) is 0 Å². The van der Waals surface area contributed by atoms with Crippen LogP contribution < -0.4 is 4.74 Å². The van der Waals surface area contributed by atoms with Crippen LogP contribution in [0.25, 0.3) is 0 Å². The molecule has 0 spiro atoms. The summed E-state index contributed by atoms with van der Waals surface area (Å²) in [6.45, 7) is 1.19. The van der Waals surface area contributed by atoms with Gasteiger partial charge in [-0.25, -0.2) is 4.79 Å². The molecule has 0 amide bonds. The second-order valence-corrected chi connectivity index (χ2v) is 4.76. The number of carbonyl (C=O) groups is 2. The second-order valence-electron chi connectivity index (χ2n) is 4.76. The summed E-state index contributed by atoms with van der Waals surface area (Å²) in [7, 11) is 0. The van der Waals surface area contributed by atoms with Gasteiger partial charge in [0.15, 0.2) is 5.78 Å². The van der Waals surface area contributed by atoms with Gasteiger partial charge in [0.05, 0.1) is 16.6 Å². The minimum absolute atomic E-state index is 0.0533. The van der Waals surface area contributed by atoms with Crippen molar-refractivity contribution in [1.29, 1.82) is 0 Å². The maximum atomic E-state index is 11.5. The molecule has 0 heterocycles. The first kappa shape index (κ1) is 16.2. The Balaban J connectivity index is 2.44. The number of nitrogens with zero attached hydrogens (tertiary/aromatic N) is 1. The average Bonchev–Trinajstić information content (AvgIpc) is 2.52. The van der Waals surface area contributed by atoms with E-state index in [1.54, 1.807) is 24.3 Å². The van der Waals surface area contributed by atoms with Gasteiger partial charge >= 0.3 is 5.97 Å². The Morgan fingerprint density at radius 3 is 2.35 bits per heavy atom. The molecule has 2 aromatic carbocycles. The third kappa shape index (κ3) is 3.70. The molecule has 0 atom stereocenters. The molecular weight excluding hydrogens is 302 g/mol. The number of nitro benzene ring substituents is 1. The predicted molar refractivity (Wildman–Crippen MR) is 80.8 cm³/mol. The highest BCUT2D eigenvalue weighted by molar-refractivity contribution is 6.02. The van der Waals surface area contributed by atoms with Gasteiger partial charge in [-0.2, -0.15) is 0 Å². The van der Waals surface area contributed by atoms with Crippen LogP contribution in [0.5, 0.6) is 5.75 Å². The van der Waals surface area contributed by atoms with Crippen LogP contribution in [0.4, 0.5) is 5.69 Å². The van der Waals surface area contributed by atoms with Crippen molar-refractivity contribution in [3.05, 3.63) is 69.3 Å². The van der Waals surface area contributed by atoms with Crippen molar-refractivity contribution in [2.75, 3.05) is 0 Å². The molecule has 23 heavy (non-hydrogen) atoms. The summed E-state index contributed by atoms with van der Waals surface area (Å²) in [6, 6.07) is 10.9. The van der Waals surface area contributed by atoms with Crippen LogP contribution in [0.15, 0.2) is 42.5 Å². The first-order valence-electron chi connectivity index (χ1n) is 6.63. The summed E-state index contributed by atoms with van der Waals surface area (Å²) < 4.78 is 5.41. The molecule has 2 rings (SSSR count). The summed E-state index contributed by atoms with van der Waals surface area (Å²) in [4.78, 5) is 33.2. The van der Waals surface area contributed by atoms with Crippen LogP contribution >= 0.6 is 0 Å². The van der Waals surface area contributed by atoms with Gasteiger partial charge in [-0.1, -0.05) is 30.3 Å². The van der Waals surface area contributed by atoms with Crippen molar-refractivity contribution >= 4 is 17.4 Å². The number of aromatic carboxylic acids is 1. The number of benzene rings is 2. The zero-order valence-electron chi connectivity index (χ0n) is 12.2. The molecule has 0 fully saturated rings. The smallest absolute Gasteiger partial charge is 0.339 e. The Labute approximate surface area is 131 Å². The van der Waals surface area contributed by atoms with Crippen LogP contribution in [0.2, 0.25) is 0 Å². The average molecular weight is 315 g/mol. The highest BCUT2D eigenvalue weighted by atomic mass is 16.6. The van der Waals surface area contributed by atoms with Crippen LogP contribution in [0, 0.1) is 10.1 Å². The summed E-state index contributed by atoms with van der Waals surface area (Å²) in [5, 5.41) is 20.3. The first-order valence-corrected chi connectivity index (χ1v) is 6.63. The third-order valence-corrected chi connectivity index (χ3v) is 3.14. The molecule has 0 aliphatic heterocycles. The molecule has 7 nitrogen and oxygen atoms in total. The molecule has 0 saturated carbocycles. The van der Waals surface area contributed by atoms with Gasteiger partial charge in [0.25, 0.3) is 5.69 Å². The Morgan fingerprint density at radius 1 is 1.17 bits per heavy atom. The van der Waals surface area contributed by atoms with Gasteiger partial charge in [-0.15, -0.1) is 0 Å². The molecular formula is C16H13NO6. The normalized spacial score (nSPS) is 10.1. The quantitative estimate of drug-likeness (QED) is 0.498. The highest BCUT2D eigenvalue weighted by Crippen LogP contribution is 2.30. The highest BCUT2D eigenvalue weighted by Gasteiger charge is 2.24. The molecule has 0 bridgehead atoms. The first-order chi connectivity index (χ1) is 10.9. The number of hydrogen-bond donors (Lipinski definition) is 1. The lowest BCUT2D eigenvalue weighted by Gasteiger charge is -2.11. The van der Waals surface area contributed by atoms with E-state index in [0.29, 0.717) is 0 Å². The fraction of sp³-hybridized carbons (Fsp3) is 0.125. The summed E-state index contributed by atoms with van der Waals surface area (Å²) >= 11 is 0. The molecule has 7 heteroatoms. The number of carboxylic acid groups (broad SMARTS) is 1. The Hall–Kier alpha value is -3.22. The third-order valence-electron chi connectivity index (χ3n) is 3.14. The number of Topliss-reactive ketones (excluding diaryl/α,β-unsaturated/α-hetero) is 1. The minimum Gasteiger partial charge on any atom is -0.488 e. The van der Waals surface area contributed by atoms with E-state index in [0.717, 1.165) is 24.6 Å². The fourth-order valence-corrected chi connectivity index (χ4v) is 2.02. The maximum Gasteiger partial charge on any atom is 0.339 e. The molecule has 0 saturated heterocycles. The monoisotopic (exact) mass is 315 g/mol. The van der Waals surface area contributed by atoms with Gasteiger partial charge in [-0.05, 0) is 18.6 Å². The van der Waals surface area contributed by atoms with E-state index in [4.69, 9.17) is 4.74 Å². The Kier molecular flexibility index (Phi) is 4.70. The van der Waals surface area contributed by atoms with E-state index in [1.807, 2.05) is 6.07 Å². The maximum absolute atomic E-state index is 11.5. The fourth-order valence-electron chi connectivity index (χ4n) is 2.02. The van der Waals surface area contributed by atoms with Crippen LogP contribution in [0.1, 0.15) is 33.2 Å². The molecule has 0 unspecified atom stereocenters. The van der Waals surface area contributed by atoms with E-state index in [-0.39, 0.29) is 23.5 Å². The van der Waals surface area contributed by atoms with E-state index >= 15 is 0 Å². The van der Waals surface area contributed by atoms with E-state index < -0.39 is 22.4 Å². The molecule has 118 valence electrons. The van der Waals surface area contributed by atoms with Crippen molar-refractivity contribution in [2.24, 2.45) is 0 Å². The zero-order valence-corrected chi connectivity index (χ0v) is 12.2. The molecule has 0 radical (unpaired) electrons. The van der Waals surface area contributed by atoms with Gasteiger partial charge in [0.2, 0.25) is 0 Å². The van der Waals surface area contributed by atoms with Crippen molar-refractivity contribution in [3.8, 4) is 5.75 Å². The standard InChI is InChI=1S/C16H13NO6/c1-10(18)12-7-13(16(19)20)15(8-14(12)17(21)22)23-9-11-5-3-2-4-6-11/h2-8H,9H2,1H3,(H,19,20). The number of carboxylic acids is 1. The van der Waals surface area contributed by atoms with E-state index in [1.165, 1.54) is 0 Å².